The zero-order valence-electron chi connectivity index (χ0n) is 14.4. The van der Waals surface area contributed by atoms with Gasteiger partial charge in [0.05, 0.1) is 28.2 Å². The average molecular weight is 300 g/mol. The third-order valence-electron chi connectivity index (χ3n) is 3.02. The van der Waals surface area contributed by atoms with Crippen LogP contribution in [0.2, 0.25) is 0 Å². The highest BCUT2D eigenvalue weighted by atomic mass is 16.2. The SMILES string of the molecule is C[N+](C)(C)C.NC(=O)CCCCC(=O)N1CCCCCC1. The van der Waals surface area contributed by atoms with Gasteiger partial charge in [0, 0.05) is 25.9 Å². The molecule has 2 amide bonds. The normalized spacial score (nSPS) is 15.7. The highest BCUT2D eigenvalue weighted by Gasteiger charge is 2.14. The number of hydrogen-bond acceptors (Lipinski definition) is 2. The Labute approximate surface area is 130 Å². The number of nitrogens with two attached hydrogens (primary N) is 1. The molecule has 1 aliphatic rings. The smallest absolute Gasteiger partial charge is 0.222 e. The first-order chi connectivity index (χ1) is 9.70. The van der Waals surface area contributed by atoms with E-state index < -0.39 is 0 Å². The number of rotatable bonds is 5. The van der Waals surface area contributed by atoms with Crippen LogP contribution in [-0.4, -0.2) is 62.5 Å². The van der Waals surface area contributed by atoms with Crippen molar-refractivity contribution in [1.29, 1.82) is 0 Å². The molecule has 124 valence electrons. The molecule has 0 aromatic rings. The first-order valence-corrected chi connectivity index (χ1v) is 8.05. The Balaban J connectivity index is 0.000000690. The van der Waals surface area contributed by atoms with Crippen LogP contribution in [0.15, 0.2) is 0 Å². The minimum absolute atomic E-state index is 0.242. The fourth-order valence-corrected chi connectivity index (χ4v) is 2.05. The number of carbonyl (C=O) groups excluding carboxylic acids is 2. The van der Waals surface area contributed by atoms with Gasteiger partial charge in [-0.15, -0.1) is 0 Å². The Morgan fingerprint density at radius 1 is 0.905 bits per heavy atom. The van der Waals surface area contributed by atoms with Crippen LogP contribution in [0.25, 0.3) is 0 Å². The molecule has 5 nitrogen and oxygen atoms in total. The molecule has 0 radical (unpaired) electrons. The van der Waals surface area contributed by atoms with Crippen molar-refractivity contribution in [1.82, 2.24) is 4.90 Å². The van der Waals surface area contributed by atoms with Gasteiger partial charge in [-0.05, 0) is 25.7 Å². The quantitative estimate of drug-likeness (QED) is 0.621. The molecule has 0 aliphatic carbocycles. The third-order valence-corrected chi connectivity index (χ3v) is 3.02. The van der Waals surface area contributed by atoms with Gasteiger partial charge >= 0.3 is 0 Å². The second-order valence-corrected chi connectivity index (χ2v) is 7.15. The van der Waals surface area contributed by atoms with Gasteiger partial charge in [-0.1, -0.05) is 12.8 Å². The van der Waals surface area contributed by atoms with Crippen molar-refractivity contribution in [3.8, 4) is 0 Å². The van der Waals surface area contributed by atoms with Crippen LogP contribution in [0.3, 0.4) is 0 Å². The Bertz CT molecular complexity index is 297. The molecule has 2 N–H and O–H groups in total. The van der Waals surface area contributed by atoms with E-state index in [-0.39, 0.29) is 11.8 Å². The van der Waals surface area contributed by atoms with Crippen molar-refractivity contribution >= 4 is 11.8 Å². The molecule has 0 aromatic carbocycles. The maximum absolute atomic E-state index is 11.8. The Morgan fingerprint density at radius 3 is 1.76 bits per heavy atom. The predicted octanol–water partition coefficient (Wildman–Crippen LogP) is 1.76. The maximum atomic E-state index is 11.8. The molecule has 5 heteroatoms. The second kappa shape index (κ2) is 10.6. The van der Waals surface area contributed by atoms with Gasteiger partial charge in [0.15, 0.2) is 0 Å². The molecule has 1 aliphatic heterocycles. The Kier molecular flexibility index (Phi) is 10.0. The lowest BCUT2D eigenvalue weighted by Crippen LogP contribution is -2.31. The highest BCUT2D eigenvalue weighted by molar-refractivity contribution is 5.76. The molecule has 0 unspecified atom stereocenters. The van der Waals surface area contributed by atoms with Crippen molar-refractivity contribution in [2.24, 2.45) is 5.73 Å². The van der Waals surface area contributed by atoms with E-state index in [1.807, 2.05) is 4.90 Å². The van der Waals surface area contributed by atoms with Gasteiger partial charge < -0.3 is 15.1 Å². The summed E-state index contributed by atoms with van der Waals surface area (Å²) in [5, 5.41) is 0. The highest BCUT2D eigenvalue weighted by Crippen LogP contribution is 2.12. The Hall–Kier alpha value is -1.10. The van der Waals surface area contributed by atoms with E-state index in [9.17, 15) is 9.59 Å². The van der Waals surface area contributed by atoms with Crippen LogP contribution >= 0.6 is 0 Å². The predicted molar refractivity (Wildman–Crippen MR) is 86.7 cm³/mol. The number of carbonyl (C=O) groups is 2. The van der Waals surface area contributed by atoms with Gasteiger partial charge in [-0.25, -0.2) is 0 Å². The van der Waals surface area contributed by atoms with Crippen molar-refractivity contribution in [3.05, 3.63) is 0 Å². The summed E-state index contributed by atoms with van der Waals surface area (Å²) in [6.45, 7) is 1.82. The summed E-state index contributed by atoms with van der Waals surface area (Å²) in [5.41, 5.74) is 5.04. The van der Waals surface area contributed by atoms with Gasteiger partial charge in [-0.2, -0.15) is 0 Å². The van der Waals surface area contributed by atoms with Crippen molar-refractivity contribution in [3.63, 3.8) is 0 Å². The lowest BCUT2D eigenvalue weighted by atomic mass is 10.1. The summed E-state index contributed by atoms with van der Waals surface area (Å²) in [4.78, 5) is 24.3. The maximum Gasteiger partial charge on any atom is 0.222 e. The van der Waals surface area contributed by atoms with Gasteiger partial charge in [0.2, 0.25) is 11.8 Å². The van der Waals surface area contributed by atoms with E-state index in [0.29, 0.717) is 12.8 Å². The molecule has 1 fully saturated rings. The van der Waals surface area contributed by atoms with Crippen LogP contribution in [-0.2, 0) is 9.59 Å². The monoisotopic (exact) mass is 300 g/mol. The summed E-state index contributed by atoms with van der Waals surface area (Å²) in [7, 11) is 8.50. The lowest BCUT2D eigenvalue weighted by Gasteiger charge is -2.20. The molecule has 1 saturated heterocycles. The molecule has 1 heterocycles. The lowest BCUT2D eigenvalue weighted by molar-refractivity contribution is -0.849. The number of likely N-dealkylation sites (tertiary alicyclic amines) is 1. The molecule has 0 saturated carbocycles. The van der Waals surface area contributed by atoms with E-state index in [1.54, 1.807) is 0 Å². The average Bonchev–Trinajstić information content (AvgIpc) is 2.60. The van der Waals surface area contributed by atoms with E-state index in [0.717, 1.165) is 43.3 Å². The van der Waals surface area contributed by atoms with Crippen molar-refractivity contribution < 1.29 is 14.1 Å². The van der Waals surface area contributed by atoms with Crippen molar-refractivity contribution in [2.45, 2.75) is 51.4 Å². The number of unbranched alkanes of at least 4 members (excludes halogenated alkanes) is 1. The fraction of sp³-hybridized carbons (Fsp3) is 0.875. The van der Waals surface area contributed by atoms with E-state index in [4.69, 9.17) is 5.73 Å². The number of amides is 2. The van der Waals surface area contributed by atoms with Crippen LogP contribution in [0.1, 0.15) is 51.4 Å². The van der Waals surface area contributed by atoms with E-state index >= 15 is 0 Å². The second-order valence-electron chi connectivity index (χ2n) is 7.15. The van der Waals surface area contributed by atoms with Crippen LogP contribution in [0, 0.1) is 0 Å². The number of primary amides is 1. The minimum Gasteiger partial charge on any atom is -0.370 e. The van der Waals surface area contributed by atoms with Crippen LogP contribution < -0.4 is 5.73 Å². The standard InChI is InChI=1S/C12H22N2O2.C4H12N/c13-11(15)7-3-4-8-12(16)14-9-5-1-2-6-10-14;1-5(2,3)4/h1-10H2,(H2,13,15);1-4H3/q;+1. The van der Waals surface area contributed by atoms with Gasteiger partial charge in [0.25, 0.3) is 0 Å². The molecule has 0 atom stereocenters. The van der Waals surface area contributed by atoms with Crippen LogP contribution in [0.5, 0.6) is 0 Å². The number of hydrogen-bond donors (Lipinski definition) is 1. The molecule has 1 rings (SSSR count). The number of nitrogens with zero attached hydrogens (tertiary/aromatic N) is 2. The molecule has 0 bridgehead atoms. The Morgan fingerprint density at radius 2 is 1.33 bits per heavy atom. The topological polar surface area (TPSA) is 63.4 Å². The third kappa shape index (κ3) is 15.1. The molecule has 0 aromatic heterocycles. The first kappa shape index (κ1) is 19.9. The fourth-order valence-electron chi connectivity index (χ4n) is 2.05. The summed E-state index contributed by atoms with van der Waals surface area (Å²) < 4.78 is 1.00. The van der Waals surface area contributed by atoms with Crippen LogP contribution in [0.4, 0.5) is 0 Å². The summed E-state index contributed by atoms with van der Waals surface area (Å²) in [5.74, 6) is -0.0337. The molecular weight excluding hydrogens is 266 g/mol. The minimum atomic E-state index is -0.276. The zero-order valence-corrected chi connectivity index (χ0v) is 14.4. The van der Waals surface area contributed by atoms with Gasteiger partial charge in [-0.3, -0.25) is 9.59 Å². The number of quaternary nitrogens is 1. The summed E-state index contributed by atoms with van der Waals surface area (Å²) >= 11 is 0. The molecular formula is C16H34N3O2+. The molecule has 0 spiro atoms. The van der Waals surface area contributed by atoms with E-state index in [1.165, 1.54) is 12.8 Å². The largest absolute Gasteiger partial charge is 0.370 e. The summed E-state index contributed by atoms with van der Waals surface area (Å²) in [6.07, 6.45) is 7.21. The molecule has 21 heavy (non-hydrogen) atoms. The zero-order chi connectivity index (χ0) is 16.3. The van der Waals surface area contributed by atoms with E-state index in [2.05, 4.69) is 28.2 Å². The summed E-state index contributed by atoms with van der Waals surface area (Å²) in [6, 6.07) is 0. The van der Waals surface area contributed by atoms with Gasteiger partial charge in [0.1, 0.15) is 0 Å². The van der Waals surface area contributed by atoms with Crippen molar-refractivity contribution in [2.75, 3.05) is 41.3 Å². The first-order valence-electron chi connectivity index (χ1n) is 8.05.